The van der Waals surface area contributed by atoms with Crippen LogP contribution in [0.25, 0.3) is 0 Å². The lowest BCUT2D eigenvalue weighted by atomic mass is 9.79. The van der Waals surface area contributed by atoms with Crippen LogP contribution in [0.1, 0.15) is 34.7 Å². The number of carbonyl (C=O) groups excluding carboxylic acids is 2. The average Bonchev–Trinajstić information content (AvgIpc) is 3.34. The number of amides is 2. The van der Waals surface area contributed by atoms with E-state index in [2.05, 4.69) is 19.9 Å². The number of hydrogen-bond donors (Lipinski definition) is 1. The predicted octanol–water partition coefficient (Wildman–Crippen LogP) is 1.13. The number of oxazole rings is 1. The van der Waals surface area contributed by atoms with Crippen LogP contribution in [-0.2, 0) is 11.2 Å². The summed E-state index contributed by atoms with van der Waals surface area (Å²) in [7, 11) is 0. The zero-order valence-electron chi connectivity index (χ0n) is 13.6. The van der Waals surface area contributed by atoms with Crippen molar-refractivity contribution in [2.24, 2.45) is 11.8 Å². The van der Waals surface area contributed by atoms with E-state index in [0.717, 1.165) is 30.7 Å². The highest BCUT2D eigenvalue weighted by atomic mass is 32.1. The van der Waals surface area contributed by atoms with E-state index >= 15 is 0 Å². The summed E-state index contributed by atoms with van der Waals surface area (Å²) in [6, 6.07) is 0.154. The topological polar surface area (TPSA) is 101 Å². The number of nitrogens with zero attached hydrogens (tertiary/aromatic N) is 4. The molecule has 0 radical (unpaired) electrons. The van der Waals surface area contributed by atoms with Gasteiger partial charge in [0.2, 0.25) is 11.7 Å². The minimum atomic E-state index is -0.0982. The van der Waals surface area contributed by atoms with Gasteiger partial charge in [0, 0.05) is 25.0 Å². The van der Waals surface area contributed by atoms with Gasteiger partial charge >= 0.3 is 0 Å². The van der Waals surface area contributed by atoms with Crippen molar-refractivity contribution in [1.82, 2.24) is 24.8 Å². The highest BCUT2D eigenvalue weighted by molar-refractivity contribution is 7.05. The predicted molar refractivity (Wildman–Crippen MR) is 88.8 cm³/mol. The molecule has 4 rings (SSSR count). The Morgan fingerprint density at radius 3 is 3.04 bits per heavy atom. The highest BCUT2D eigenvalue weighted by Gasteiger charge is 2.46. The van der Waals surface area contributed by atoms with Crippen LogP contribution < -0.4 is 5.32 Å². The SMILES string of the molecule is O=C(Cc1cnns1)NCC1C2CCCC1N(C(=O)c1cnco1)C2. The smallest absolute Gasteiger partial charge is 0.291 e. The van der Waals surface area contributed by atoms with Gasteiger partial charge in [-0.2, -0.15) is 0 Å². The molecule has 8 nitrogen and oxygen atoms in total. The Balaban J connectivity index is 1.38. The molecule has 2 amide bonds. The molecule has 0 aromatic carbocycles. The maximum absolute atomic E-state index is 12.6. The highest BCUT2D eigenvalue weighted by Crippen LogP contribution is 2.40. The molecule has 1 aliphatic heterocycles. The van der Waals surface area contributed by atoms with Gasteiger partial charge in [-0.3, -0.25) is 9.59 Å². The van der Waals surface area contributed by atoms with Crippen LogP contribution in [-0.4, -0.2) is 50.4 Å². The van der Waals surface area contributed by atoms with Gasteiger partial charge in [0.25, 0.3) is 5.91 Å². The average molecular weight is 361 g/mol. The van der Waals surface area contributed by atoms with Gasteiger partial charge in [-0.05, 0) is 30.3 Å². The first-order chi connectivity index (χ1) is 12.2. The second-order valence-corrected chi connectivity index (χ2v) is 7.48. The van der Waals surface area contributed by atoms with Crippen molar-refractivity contribution in [3.63, 3.8) is 0 Å². The third-order valence-corrected chi connectivity index (χ3v) is 5.85. The Labute approximate surface area is 148 Å². The molecule has 1 aliphatic carbocycles. The van der Waals surface area contributed by atoms with E-state index in [1.807, 2.05) is 4.90 Å². The van der Waals surface area contributed by atoms with E-state index in [4.69, 9.17) is 4.42 Å². The van der Waals surface area contributed by atoms with Gasteiger partial charge in [-0.15, -0.1) is 5.10 Å². The van der Waals surface area contributed by atoms with E-state index in [1.54, 1.807) is 6.20 Å². The summed E-state index contributed by atoms with van der Waals surface area (Å²) in [6.45, 7) is 1.32. The van der Waals surface area contributed by atoms with Crippen LogP contribution in [0.2, 0.25) is 0 Å². The first kappa shape index (κ1) is 16.2. The lowest BCUT2D eigenvalue weighted by Crippen LogP contribution is -2.42. The summed E-state index contributed by atoms with van der Waals surface area (Å²) < 4.78 is 8.93. The van der Waals surface area contributed by atoms with Crippen LogP contribution in [0.15, 0.2) is 23.2 Å². The Morgan fingerprint density at radius 1 is 1.36 bits per heavy atom. The molecule has 2 fully saturated rings. The van der Waals surface area contributed by atoms with E-state index < -0.39 is 0 Å². The van der Waals surface area contributed by atoms with Gasteiger partial charge in [0.1, 0.15) is 0 Å². The molecule has 2 aliphatic rings. The van der Waals surface area contributed by atoms with Crippen molar-refractivity contribution in [3.8, 4) is 0 Å². The van der Waals surface area contributed by atoms with E-state index in [0.29, 0.717) is 24.8 Å². The number of hydrogen-bond acceptors (Lipinski definition) is 7. The van der Waals surface area contributed by atoms with Gasteiger partial charge in [-0.1, -0.05) is 10.9 Å². The summed E-state index contributed by atoms with van der Waals surface area (Å²) in [5, 5.41) is 6.77. The van der Waals surface area contributed by atoms with Crippen LogP contribution in [0, 0.1) is 11.8 Å². The normalized spacial score (nSPS) is 25.1. The largest absolute Gasteiger partial charge is 0.438 e. The fraction of sp³-hybridized carbons (Fsp3) is 0.562. The number of likely N-dealkylation sites (tertiary alicyclic amines) is 1. The van der Waals surface area contributed by atoms with Crippen LogP contribution in [0.3, 0.4) is 0 Å². The van der Waals surface area contributed by atoms with Crippen molar-refractivity contribution in [3.05, 3.63) is 29.4 Å². The summed E-state index contributed by atoms with van der Waals surface area (Å²) in [5.41, 5.74) is 0. The zero-order chi connectivity index (χ0) is 17.2. The molecule has 3 heterocycles. The quantitative estimate of drug-likeness (QED) is 0.856. The minimum absolute atomic E-state index is 0.0239. The van der Waals surface area contributed by atoms with E-state index in [9.17, 15) is 9.59 Å². The molecular formula is C16H19N5O3S. The molecule has 0 spiro atoms. The maximum Gasteiger partial charge on any atom is 0.291 e. The lowest BCUT2D eigenvalue weighted by molar-refractivity contribution is -0.120. The fourth-order valence-electron chi connectivity index (χ4n) is 4.05. The standard InChI is InChI=1S/C16H19N5O3S/c22-15(4-11-5-19-20-25-11)18-6-12-10-2-1-3-13(12)21(8-10)16(23)14-7-17-9-24-14/h5,7,9-10,12-13H,1-4,6,8H2,(H,18,22). The second kappa shape index (κ2) is 6.91. The monoisotopic (exact) mass is 361 g/mol. The van der Waals surface area contributed by atoms with Crippen LogP contribution in [0.4, 0.5) is 0 Å². The van der Waals surface area contributed by atoms with Crippen LogP contribution in [0.5, 0.6) is 0 Å². The zero-order valence-corrected chi connectivity index (χ0v) is 14.4. The molecule has 2 bridgehead atoms. The van der Waals surface area contributed by atoms with Crippen molar-refractivity contribution in [2.75, 3.05) is 13.1 Å². The number of fused-ring (bicyclic) bond motifs is 2. The molecule has 1 saturated carbocycles. The molecule has 1 saturated heterocycles. The fourth-order valence-corrected chi connectivity index (χ4v) is 4.54. The Morgan fingerprint density at radius 2 is 2.28 bits per heavy atom. The third-order valence-electron chi connectivity index (χ3n) is 5.19. The van der Waals surface area contributed by atoms with Crippen molar-refractivity contribution < 1.29 is 14.0 Å². The van der Waals surface area contributed by atoms with Gasteiger partial charge in [0.05, 0.1) is 23.7 Å². The number of aromatic nitrogens is 3. The van der Waals surface area contributed by atoms with Gasteiger partial charge in [-0.25, -0.2) is 4.98 Å². The maximum atomic E-state index is 12.6. The molecule has 9 heteroatoms. The molecule has 25 heavy (non-hydrogen) atoms. The summed E-state index contributed by atoms with van der Waals surface area (Å²) in [6.07, 6.45) is 7.84. The molecule has 2 aromatic rings. The van der Waals surface area contributed by atoms with E-state index in [-0.39, 0.29) is 23.6 Å². The van der Waals surface area contributed by atoms with Crippen molar-refractivity contribution in [2.45, 2.75) is 31.7 Å². The van der Waals surface area contributed by atoms with Crippen LogP contribution >= 0.6 is 11.5 Å². The molecule has 3 unspecified atom stereocenters. The lowest BCUT2D eigenvalue weighted by Gasteiger charge is -2.31. The minimum Gasteiger partial charge on any atom is -0.438 e. The summed E-state index contributed by atoms with van der Waals surface area (Å²) in [4.78, 5) is 31.4. The number of nitrogens with one attached hydrogen (secondary N) is 1. The molecule has 3 atom stereocenters. The summed E-state index contributed by atoms with van der Waals surface area (Å²) >= 11 is 1.24. The molecule has 2 aromatic heterocycles. The van der Waals surface area contributed by atoms with Crippen molar-refractivity contribution >= 4 is 23.3 Å². The summed E-state index contributed by atoms with van der Waals surface area (Å²) in [5.74, 6) is 0.885. The Bertz CT molecular complexity index is 733. The molecule has 1 N–H and O–H groups in total. The van der Waals surface area contributed by atoms with E-state index in [1.165, 1.54) is 24.1 Å². The Hall–Kier alpha value is -2.29. The second-order valence-electron chi connectivity index (χ2n) is 6.61. The third kappa shape index (κ3) is 3.28. The first-order valence-electron chi connectivity index (χ1n) is 8.45. The Kier molecular flexibility index (Phi) is 4.48. The van der Waals surface area contributed by atoms with Gasteiger partial charge < -0.3 is 14.6 Å². The number of rotatable bonds is 5. The first-order valence-corrected chi connectivity index (χ1v) is 9.22. The molecule has 132 valence electrons. The molecular weight excluding hydrogens is 342 g/mol. The van der Waals surface area contributed by atoms with Crippen molar-refractivity contribution in [1.29, 1.82) is 0 Å². The van der Waals surface area contributed by atoms with Gasteiger partial charge in [0.15, 0.2) is 6.39 Å². The number of carbonyl (C=O) groups is 2.